The van der Waals surface area contributed by atoms with Crippen LogP contribution in [0.4, 0.5) is 0 Å². The molecule has 0 saturated carbocycles. The van der Waals surface area contributed by atoms with Crippen LogP contribution in [0.15, 0.2) is 0 Å². The summed E-state index contributed by atoms with van der Waals surface area (Å²) < 4.78 is 35.6. The molecule has 0 radical (unpaired) electrons. The third-order valence-electron chi connectivity index (χ3n) is 7.39. The van der Waals surface area contributed by atoms with Crippen LogP contribution < -0.4 is 5.32 Å². The Hall–Kier alpha value is -1.05. The molecule has 8 N–H and O–H groups in total. The number of unbranched alkanes of at least 4 members (excludes halogenated alkanes) is 5. The summed E-state index contributed by atoms with van der Waals surface area (Å²) in [7, 11) is 0. The average molecular weight is 628 g/mol. The second-order valence-corrected chi connectivity index (χ2v) is 11.2. The molecule has 2 aliphatic heterocycles. The lowest BCUT2D eigenvalue weighted by Gasteiger charge is -2.48. The number of carbonyl (C=O) groups is 1. The molecule has 2 fully saturated rings. The molecule has 43 heavy (non-hydrogen) atoms. The van der Waals surface area contributed by atoms with Gasteiger partial charge in [-0.25, -0.2) is 0 Å². The fourth-order valence-corrected chi connectivity index (χ4v) is 4.94. The van der Waals surface area contributed by atoms with Crippen LogP contribution in [0.2, 0.25) is 0 Å². The highest BCUT2D eigenvalue weighted by molar-refractivity contribution is 5.73. The highest BCUT2D eigenvalue weighted by Gasteiger charge is 2.52. The minimum Gasteiger partial charge on any atom is -0.394 e. The Labute approximate surface area is 253 Å². The van der Waals surface area contributed by atoms with Gasteiger partial charge in [-0.15, -0.1) is 0 Å². The largest absolute Gasteiger partial charge is 0.394 e. The van der Waals surface area contributed by atoms with Crippen LogP contribution in [-0.2, 0) is 33.2 Å². The predicted octanol–water partition coefficient (Wildman–Crippen LogP) is -2.09. The summed E-state index contributed by atoms with van der Waals surface area (Å²) in [4.78, 5) is 12.3. The van der Waals surface area contributed by atoms with Gasteiger partial charge < -0.3 is 69.5 Å². The van der Waals surface area contributed by atoms with E-state index in [-0.39, 0.29) is 26.4 Å². The van der Waals surface area contributed by atoms with Crippen molar-refractivity contribution in [1.82, 2.24) is 5.32 Å². The number of amides is 1. The zero-order valence-electron chi connectivity index (χ0n) is 25.4. The van der Waals surface area contributed by atoms with Crippen LogP contribution in [0.3, 0.4) is 0 Å². The van der Waals surface area contributed by atoms with Gasteiger partial charge in [0.25, 0.3) is 0 Å². The molecule has 15 heteroatoms. The molecule has 2 heterocycles. The standard InChI is InChI=1S/C28H53NO14/c1-4-5-6-7-8-9-10-39-27-21(29-17(3)32)26(43-28-24(37)23(36)22(35)16(2)41-28)25(40-14-19(34)12-31)20(42-27)15-38-13-18(33)11-30/h16,18-28,30-31,33-37H,4-15H2,1-3H3,(H,29,32)/t16-,18-,19-,20+,21+,22+,23+,24-,25+,26+,27-,28-/m0/s1. The van der Waals surface area contributed by atoms with Gasteiger partial charge in [0.2, 0.25) is 5.91 Å². The Bertz CT molecular complexity index is 765. The van der Waals surface area contributed by atoms with Gasteiger partial charge in [0.05, 0.1) is 39.1 Å². The van der Waals surface area contributed by atoms with Gasteiger partial charge in [0.15, 0.2) is 12.6 Å². The number of nitrogens with one attached hydrogen (secondary N) is 1. The first kappa shape index (κ1) is 38.1. The van der Waals surface area contributed by atoms with E-state index >= 15 is 0 Å². The first-order valence-electron chi connectivity index (χ1n) is 15.2. The van der Waals surface area contributed by atoms with Crippen LogP contribution in [-0.4, -0.2) is 155 Å². The Balaban J connectivity index is 2.36. The molecule has 12 atom stereocenters. The van der Waals surface area contributed by atoms with Crippen molar-refractivity contribution in [3.63, 3.8) is 0 Å². The molecule has 2 saturated heterocycles. The number of aliphatic hydroxyl groups is 7. The van der Waals surface area contributed by atoms with Gasteiger partial charge in [0.1, 0.15) is 54.9 Å². The smallest absolute Gasteiger partial charge is 0.217 e. The third kappa shape index (κ3) is 12.3. The van der Waals surface area contributed by atoms with Crippen molar-refractivity contribution in [3.8, 4) is 0 Å². The van der Waals surface area contributed by atoms with Crippen molar-refractivity contribution >= 4 is 5.91 Å². The van der Waals surface area contributed by atoms with E-state index in [0.717, 1.165) is 38.5 Å². The minimum absolute atomic E-state index is 0.202. The van der Waals surface area contributed by atoms with Crippen molar-refractivity contribution in [2.45, 2.75) is 133 Å². The summed E-state index contributed by atoms with van der Waals surface area (Å²) in [5.74, 6) is -0.459. The van der Waals surface area contributed by atoms with Gasteiger partial charge >= 0.3 is 0 Å². The zero-order chi connectivity index (χ0) is 31.9. The van der Waals surface area contributed by atoms with Crippen molar-refractivity contribution in [2.24, 2.45) is 0 Å². The highest BCUT2D eigenvalue weighted by Crippen LogP contribution is 2.32. The highest BCUT2D eigenvalue weighted by atomic mass is 16.7. The number of carbonyl (C=O) groups excluding carboxylic acids is 1. The SMILES string of the molecule is CCCCCCCCO[C@H]1O[C@H](COC[C@@H](O)CO)[C@@H](OC[C@@H](O)CO)[C@H](O[C@@H]2O[C@@H](C)[C@@H](O)[C@@H](O)[C@@H]2O)[C@H]1NC(C)=O. The van der Waals surface area contributed by atoms with Crippen LogP contribution in [0, 0.1) is 0 Å². The van der Waals surface area contributed by atoms with E-state index in [1.807, 2.05) is 0 Å². The summed E-state index contributed by atoms with van der Waals surface area (Å²) in [5, 5.41) is 72.3. The third-order valence-corrected chi connectivity index (χ3v) is 7.39. The maximum Gasteiger partial charge on any atom is 0.217 e. The quantitative estimate of drug-likeness (QED) is 0.0678. The Morgan fingerprint density at radius 2 is 1.49 bits per heavy atom. The van der Waals surface area contributed by atoms with E-state index in [0.29, 0.717) is 0 Å². The van der Waals surface area contributed by atoms with E-state index < -0.39 is 92.7 Å². The summed E-state index contributed by atoms with van der Waals surface area (Å²) in [6.07, 6.45) is -7.81. The first-order chi connectivity index (χ1) is 20.5. The van der Waals surface area contributed by atoms with Crippen LogP contribution >= 0.6 is 0 Å². The van der Waals surface area contributed by atoms with E-state index in [4.69, 9.17) is 33.5 Å². The zero-order valence-corrected chi connectivity index (χ0v) is 25.4. The van der Waals surface area contributed by atoms with Crippen molar-refractivity contribution < 1.29 is 69.0 Å². The molecule has 0 bridgehead atoms. The van der Waals surface area contributed by atoms with Crippen molar-refractivity contribution in [2.75, 3.05) is 39.6 Å². The number of hydrogen-bond donors (Lipinski definition) is 8. The van der Waals surface area contributed by atoms with Gasteiger partial charge in [-0.2, -0.15) is 0 Å². The molecule has 0 spiro atoms. The summed E-state index contributed by atoms with van der Waals surface area (Å²) >= 11 is 0. The van der Waals surface area contributed by atoms with Gasteiger partial charge in [0, 0.05) is 13.5 Å². The molecule has 0 aromatic heterocycles. The molecule has 254 valence electrons. The maximum atomic E-state index is 12.3. The van der Waals surface area contributed by atoms with E-state index in [1.54, 1.807) is 0 Å². The fourth-order valence-electron chi connectivity index (χ4n) is 4.94. The Morgan fingerprint density at radius 3 is 2.14 bits per heavy atom. The lowest BCUT2D eigenvalue weighted by molar-refractivity contribution is -0.346. The second kappa shape index (κ2) is 20.2. The van der Waals surface area contributed by atoms with Crippen LogP contribution in [0.1, 0.15) is 59.3 Å². The monoisotopic (exact) mass is 627 g/mol. The summed E-state index contributed by atoms with van der Waals surface area (Å²) in [6.45, 7) is 3.25. The summed E-state index contributed by atoms with van der Waals surface area (Å²) in [6, 6.07) is -1.04. The number of aliphatic hydroxyl groups excluding tert-OH is 7. The average Bonchev–Trinajstić information content (AvgIpc) is 2.98. The fraction of sp³-hybridized carbons (Fsp3) is 0.964. The van der Waals surface area contributed by atoms with E-state index in [1.165, 1.54) is 13.8 Å². The minimum atomic E-state index is -1.67. The molecular formula is C28H53NO14. The predicted molar refractivity (Wildman–Crippen MR) is 150 cm³/mol. The van der Waals surface area contributed by atoms with E-state index in [2.05, 4.69) is 12.2 Å². The van der Waals surface area contributed by atoms with Gasteiger partial charge in [-0.05, 0) is 13.3 Å². The number of ether oxygens (including phenoxy) is 6. The lowest BCUT2D eigenvalue weighted by atomic mass is 9.95. The first-order valence-corrected chi connectivity index (χ1v) is 15.2. The lowest BCUT2D eigenvalue weighted by Crippen LogP contribution is -2.68. The van der Waals surface area contributed by atoms with Crippen molar-refractivity contribution in [3.05, 3.63) is 0 Å². The molecule has 0 aliphatic carbocycles. The molecule has 15 nitrogen and oxygen atoms in total. The molecule has 0 unspecified atom stereocenters. The van der Waals surface area contributed by atoms with Gasteiger partial charge in [-0.3, -0.25) is 4.79 Å². The molecule has 2 rings (SSSR count). The Morgan fingerprint density at radius 1 is 0.837 bits per heavy atom. The molecule has 1 amide bonds. The van der Waals surface area contributed by atoms with Crippen LogP contribution in [0.25, 0.3) is 0 Å². The molecule has 2 aliphatic rings. The Kier molecular flexibility index (Phi) is 17.9. The molecule has 0 aromatic carbocycles. The second-order valence-electron chi connectivity index (χ2n) is 11.2. The molecular weight excluding hydrogens is 574 g/mol. The number of hydrogen-bond acceptors (Lipinski definition) is 14. The molecule has 0 aromatic rings. The van der Waals surface area contributed by atoms with Gasteiger partial charge in [-0.1, -0.05) is 39.0 Å². The topological polar surface area (TPSA) is 226 Å². The maximum absolute atomic E-state index is 12.3. The normalized spacial score (nSPS) is 34.6. The van der Waals surface area contributed by atoms with E-state index in [9.17, 15) is 35.4 Å². The summed E-state index contributed by atoms with van der Waals surface area (Å²) in [5.41, 5.74) is 0. The number of rotatable bonds is 20. The van der Waals surface area contributed by atoms with Crippen LogP contribution in [0.5, 0.6) is 0 Å². The van der Waals surface area contributed by atoms with Crippen molar-refractivity contribution in [1.29, 1.82) is 0 Å².